The van der Waals surface area contributed by atoms with E-state index >= 15 is 0 Å². The van der Waals surface area contributed by atoms with Gasteiger partial charge in [0.1, 0.15) is 0 Å². The van der Waals surface area contributed by atoms with Crippen molar-refractivity contribution < 1.29 is 0 Å². The second-order valence-corrected chi connectivity index (χ2v) is 4.28. The Labute approximate surface area is 75.6 Å². The molecule has 10 heavy (non-hydrogen) atoms. The van der Waals surface area contributed by atoms with E-state index in [0.717, 1.165) is 0 Å². The fourth-order valence-corrected chi connectivity index (χ4v) is 2.26. The van der Waals surface area contributed by atoms with Gasteiger partial charge in [0.25, 0.3) is 0 Å². The van der Waals surface area contributed by atoms with Crippen LogP contribution in [0.4, 0.5) is 0 Å². The van der Waals surface area contributed by atoms with Gasteiger partial charge >= 0.3 is 75.6 Å². The minimum absolute atomic E-state index is 0.491. The first-order valence-corrected chi connectivity index (χ1v) is 5.66. The van der Waals surface area contributed by atoms with E-state index < -0.39 is 0 Å². The first kappa shape index (κ1) is 8.06. The first-order chi connectivity index (χ1) is 4.93. The summed E-state index contributed by atoms with van der Waals surface area (Å²) in [5.74, 6) is 0. The maximum atomic E-state index is 3.24. The molecule has 1 aromatic rings. The topological polar surface area (TPSA) is 0 Å². The summed E-state index contributed by atoms with van der Waals surface area (Å²) >= 11 is 3.73. The third-order valence-corrected chi connectivity index (χ3v) is 3.76. The normalized spacial score (nSPS) is 10.5. The van der Waals surface area contributed by atoms with Crippen LogP contribution < -0.4 is 4.46 Å². The molecule has 0 bridgehead atoms. The van der Waals surface area contributed by atoms with Crippen LogP contribution in [0.2, 0.25) is 0 Å². The van der Waals surface area contributed by atoms with Gasteiger partial charge in [-0.2, -0.15) is 0 Å². The second-order valence-electron chi connectivity index (χ2n) is 1.69. The number of benzene rings is 1. The Morgan fingerprint density at radius 1 is 1.20 bits per heavy atom. The van der Waals surface area contributed by atoms with Crippen molar-refractivity contribution in [1.82, 2.24) is 0 Å². The third-order valence-electron chi connectivity index (χ3n) is 0.999. The molecule has 0 aromatic heterocycles. The van der Waals surface area contributed by atoms with Crippen molar-refractivity contribution in [2.75, 3.05) is 0 Å². The Balaban J connectivity index is 2.59. The zero-order chi connectivity index (χ0) is 7.23. The summed E-state index contributed by atoms with van der Waals surface area (Å²) in [5.41, 5.74) is 0. The molecule has 0 heterocycles. The van der Waals surface area contributed by atoms with Gasteiger partial charge in [-0.15, -0.1) is 0 Å². The fraction of sp³-hybridized carbons (Fsp3) is 0. The van der Waals surface area contributed by atoms with E-state index in [-0.39, 0.29) is 0 Å². The van der Waals surface area contributed by atoms with Crippen LogP contribution in [-0.2, 0) is 0 Å². The molecule has 0 fully saturated rings. The molecular formula is C8H7BrSe. The molecule has 0 aliphatic rings. The van der Waals surface area contributed by atoms with Gasteiger partial charge < -0.3 is 0 Å². The van der Waals surface area contributed by atoms with Crippen LogP contribution in [-0.4, -0.2) is 15.0 Å². The van der Waals surface area contributed by atoms with Gasteiger partial charge in [-0.3, -0.25) is 0 Å². The van der Waals surface area contributed by atoms with Gasteiger partial charge in [0.05, 0.1) is 0 Å². The van der Waals surface area contributed by atoms with Crippen molar-refractivity contribution >= 4 is 35.3 Å². The van der Waals surface area contributed by atoms with Crippen LogP contribution in [0.15, 0.2) is 40.3 Å². The van der Waals surface area contributed by atoms with Crippen molar-refractivity contribution in [3.05, 3.63) is 40.3 Å². The number of hydrogen-bond acceptors (Lipinski definition) is 0. The minimum atomic E-state index is 0.491. The van der Waals surface area contributed by atoms with Crippen molar-refractivity contribution in [2.24, 2.45) is 0 Å². The molecule has 0 aliphatic heterocycles. The van der Waals surface area contributed by atoms with Gasteiger partial charge in [-0.05, 0) is 0 Å². The van der Waals surface area contributed by atoms with Crippen molar-refractivity contribution in [3.63, 3.8) is 0 Å². The van der Waals surface area contributed by atoms with Gasteiger partial charge in [0, 0.05) is 0 Å². The van der Waals surface area contributed by atoms with Gasteiger partial charge in [-0.25, -0.2) is 0 Å². The molecule has 0 radical (unpaired) electrons. The van der Waals surface area contributed by atoms with Crippen LogP contribution in [0.5, 0.6) is 0 Å². The molecule has 0 spiro atoms. The molecule has 1 aromatic carbocycles. The summed E-state index contributed by atoms with van der Waals surface area (Å²) in [7, 11) is 0. The van der Waals surface area contributed by atoms with E-state index in [1.54, 1.807) is 0 Å². The Morgan fingerprint density at radius 3 is 2.50 bits per heavy atom. The molecule has 1 rings (SSSR count). The van der Waals surface area contributed by atoms with E-state index in [1.165, 1.54) is 4.46 Å². The zero-order valence-electron chi connectivity index (χ0n) is 5.33. The van der Waals surface area contributed by atoms with Gasteiger partial charge in [-0.1, -0.05) is 0 Å². The van der Waals surface area contributed by atoms with Crippen LogP contribution >= 0.6 is 15.9 Å². The third kappa shape index (κ3) is 2.70. The summed E-state index contributed by atoms with van der Waals surface area (Å²) in [5, 5.41) is 0. The molecule has 0 nitrogen and oxygen atoms in total. The monoisotopic (exact) mass is 262 g/mol. The fourth-order valence-electron chi connectivity index (χ4n) is 0.603. The Bertz CT molecular complexity index is 206. The van der Waals surface area contributed by atoms with Crippen LogP contribution in [0.3, 0.4) is 0 Å². The average Bonchev–Trinajstić information content (AvgIpc) is 2.03. The van der Waals surface area contributed by atoms with Crippen LogP contribution in [0.25, 0.3) is 0 Å². The van der Waals surface area contributed by atoms with E-state index in [9.17, 15) is 0 Å². The van der Waals surface area contributed by atoms with Crippen molar-refractivity contribution in [2.45, 2.75) is 0 Å². The summed E-state index contributed by atoms with van der Waals surface area (Å²) < 4.78 is 1.41. The molecule has 0 saturated heterocycles. The van der Waals surface area contributed by atoms with Crippen molar-refractivity contribution in [1.29, 1.82) is 0 Å². The molecular weight excluding hydrogens is 255 g/mol. The zero-order valence-corrected chi connectivity index (χ0v) is 8.63. The molecule has 0 unspecified atom stereocenters. The number of hydrogen-bond donors (Lipinski definition) is 0. The molecule has 2 heteroatoms. The standard InChI is InChI=1S/C8H7BrSe/c9-6-7-10-8-4-2-1-3-5-8/h1-7H/b7-6+. The Morgan fingerprint density at radius 2 is 1.90 bits per heavy atom. The van der Waals surface area contributed by atoms with Gasteiger partial charge in [0.2, 0.25) is 0 Å². The Hall–Kier alpha value is -0.0405. The molecule has 52 valence electrons. The predicted molar refractivity (Wildman–Crippen MR) is 49.9 cm³/mol. The predicted octanol–water partition coefficient (Wildman–Crippen LogP) is 1.88. The number of halogens is 1. The van der Waals surface area contributed by atoms with Crippen molar-refractivity contribution in [3.8, 4) is 0 Å². The molecule has 0 aliphatic carbocycles. The average molecular weight is 262 g/mol. The number of rotatable bonds is 2. The Kier molecular flexibility index (Phi) is 3.81. The summed E-state index contributed by atoms with van der Waals surface area (Å²) in [6.07, 6.45) is 0. The van der Waals surface area contributed by atoms with E-state index in [4.69, 9.17) is 0 Å². The first-order valence-electron chi connectivity index (χ1n) is 2.90. The molecule has 0 saturated carbocycles. The van der Waals surface area contributed by atoms with Crippen LogP contribution in [0.1, 0.15) is 0 Å². The van der Waals surface area contributed by atoms with Gasteiger partial charge in [0.15, 0.2) is 0 Å². The second kappa shape index (κ2) is 4.73. The summed E-state index contributed by atoms with van der Waals surface area (Å²) in [6, 6.07) is 10.5. The van der Waals surface area contributed by atoms with E-state index in [0.29, 0.717) is 15.0 Å². The molecule has 0 amide bonds. The van der Waals surface area contributed by atoms with E-state index in [2.05, 4.69) is 45.2 Å². The quantitative estimate of drug-likeness (QED) is 0.714. The summed E-state index contributed by atoms with van der Waals surface area (Å²) in [4.78, 5) is 4.06. The summed E-state index contributed by atoms with van der Waals surface area (Å²) in [6.45, 7) is 0. The molecule has 0 atom stereocenters. The van der Waals surface area contributed by atoms with E-state index in [1.807, 2.05) is 11.1 Å². The van der Waals surface area contributed by atoms with Crippen LogP contribution in [0, 0.1) is 0 Å². The molecule has 0 N–H and O–H groups in total. The SMILES string of the molecule is Br/C=C/[Se]c1ccccc1. The maximum absolute atomic E-state index is 3.24.